The predicted octanol–water partition coefficient (Wildman–Crippen LogP) is 0.475. The van der Waals surface area contributed by atoms with E-state index in [0.717, 1.165) is 50.3 Å². The Morgan fingerprint density at radius 3 is 1.34 bits per heavy atom. The van der Waals surface area contributed by atoms with Crippen LogP contribution in [0.25, 0.3) is 0 Å². The Balaban J connectivity index is 0.00000171. The molecule has 0 amide bonds. The Morgan fingerprint density at radius 1 is 0.688 bits per heavy atom. The number of hydrogen-bond donors (Lipinski definition) is 0. The van der Waals surface area contributed by atoms with Crippen LogP contribution in [0.2, 0.25) is 0 Å². The minimum Gasteiger partial charge on any atom is -1.00 e. The fourth-order valence-electron chi connectivity index (χ4n) is 6.13. The van der Waals surface area contributed by atoms with Crippen molar-refractivity contribution >= 4 is 11.8 Å². The Hall–Kier alpha value is 0.562. The van der Waals surface area contributed by atoms with Crippen LogP contribution in [0.5, 0.6) is 0 Å². The Bertz CT molecular complexity index is 588. The van der Waals surface area contributed by atoms with Gasteiger partial charge in [0.25, 0.3) is 0 Å². The largest absolute Gasteiger partial charge is 2.00 e. The van der Waals surface area contributed by atoms with Crippen molar-refractivity contribution in [2.75, 3.05) is 0 Å². The molecule has 2 atom stereocenters. The molecule has 2 spiro atoms. The van der Waals surface area contributed by atoms with E-state index in [1.165, 1.54) is 38.5 Å². The summed E-state index contributed by atoms with van der Waals surface area (Å²) in [6, 6.07) is 0.629. The summed E-state index contributed by atoms with van der Waals surface area (Å²) < 4.78 is 13.3. The molecule has 2 aliphatic heterocycles. The molecule has 0 aromatic heterocycles. The summed E-state index contributed by atoms with van der Waals surface area (Å²) in [5.41, 5.74) is -0.0895. The first-order chi connectivity index (χ1) is 13.9. The summed E-state index contributed by atoms with van der Waals surface area (Å²) in [5, 5.41) is 0. The molecule has 4 aliphatic rings. The smallest absolute Gasteiger partial charge is 1.00 e. The second-order valence-electron chi connectivity index (χ2n) is 11.0. The topological polar surface area (TPSA) is 43.2 Å². The molecule has 0 saturated heterocycles. The first-order valence-electron chi connectivity index (χ1n) is 12.4. The average Bonchev–Trinajstić information content (AvgIpc) is 3.13. The second kappa shape index (κ2) is 13.0. The van der Waals surface area contributed by atoms with E-state index in [2.05, 4.69) is 27.7 Å². The number of nitrogens with zero attached hydrogens (tertiary/aromatic N) is 2. The fourth-order valence-corrected chi connectivity index (χ4v) is 6.13. The van der Waals surface area contributed by atoms with Crippen LogP contribution in [0.4, 0.5) is 0 Å². The van der Waals surface area contributed by atoms with Gasteiger partial charge >= 0.3 is 20.4 Å². The van der Waals surface area contributed by atoms with Gasteiger partial charge in [-0.25, -0.2) is 9.98 Å². The maximum atomic E-state index is 6.65. The van der Waals surface area contributed by atoms with E-state index in [4.69, 9.17) is 19.5 Å². The molecule has 0 aromatic carbocycles. The summed E-state index contributed by atoms with van der Waals surface area (Å²) in [6.07, 6.45) is 15.3. The van der Waals surface area contributed by atoms with Crippen molar-refractivity contribution in [1.29, 1.82) is 0 Å². The molecule has 4 rings (SSSR count). The van der Waals surface area contributed by atoms with Gasteiger partial charge in [0.05, 0.1) is 18.5 Å². The van der Waals surface area contributed by atoms with Crippen LogP contribution < -0.4 is 34.0 Å². The van der Waals surface area contributed by atoms with Crippen molar-refractivity contribution in [3.63, 3.8) is 0 Å². The van der Waals surface area contributed by atoms with Gasteiger partial charge in [-0.2, -0.15) is 0 Å². The quantitative estimate of drug-likeness (QED) is 0.387. The van der Waals surface area contributed by atoms with Crippen molar-refractivity contribution in [2.24, 2.45) is 21.8 Å². The van der Waals surface area contributed by atoms with Crippen LogP contribution in [0.1, 0.15) is 111 Å². The molecule has 0 unspecified atom stereocenters. The molecule has 32 heavy (non-hydrogen) atoms. The Labute approximate surface area is 230 Å². The van der Waals surface area contributed by atoms with Crippen molar-refractivity contribution in [1.82, 2.24) is 0 Å². The van der Waals surface area contributed by atoms with Crippen molar-refractivity contribution in [3.05, 3.63) is 0 Å². The van der Waals surface area contributed by atoms with Crippen LogP contribution in [-0.4, -0.2) is 35.1 Å². The van der Waals surface area contributed by atoms with E-state index in [-0.39, 0.29) is 65.6 Å². The number of aliphatic imine (C=N–C) groups is 2. The van der Waals surface area contributed by atoms with Gasteiger partial charge in [-0.05, 0) is 76.0 Å². The van der Waals surface area contributed by atoms with E-state index in [0.29, 0.717) is 30.3 Å². The molecule has 0 aromatic rings. The number of rotatable bonds is 6. The molecule has 2 fully saturated rings. The molecule has 188 valence electrons. The predicted molar refractivity (Wildman–Crippen MR) is 120 cm³/mol. The average molecular weight is 669 g/mol. The van der Waals surface area contributed by atoms with Crippen molar-refractivity contribution in [3.8, 4) is 0 Å². The fraction of sp³-hybridized carbons (Fsp3) is 0.920. The standard InChI is InChI=1S/C25H42N2O2.2BrH.Pd/c1-18(2)15-20-24(11-7-5-8-12-24)28-22(26-20)17-23-27-21(16-19(3)4)25(29-23)13-9-6-10-14-25;;;/h18-21H,5-17H2,1-4H3;2*1H;/q;;;+2/p-2/t20-,21-;;;/m1.../s1. The Kier molecular flexibility index (Phi) is 12.5. The minimum atomic E-state index is -0.0448. The zero-order valence-electron chi connectivity index (χ0n) is 20.3. The molecule has 2 heterocycles. The SMILES string of the molecule is CC(C)C[C@H]1N=C(CC2=N[C@H](CC(C)C)C3(CCCCC3)O2)OC12CCCCC2.[Br-].[Br-].[Pd+2]. The van der Waals surface area contributed by atoms with Gasteiger partial charge in [0.2, 0.25) is 0 Å². The summed E-state index contributed by atoms with van der Waals surface area (Å²) >= 11 is 0. The van der Waals surface area contributed by atoms with Crippen LogP contribution in [0.15, 0.2) is 9.98 Å². The summed E-state index contributed by atoms with van der Waals surface area (Å²) in [7, 11) is 0. The molecule has 4 nitrogen and oxygen atoms in total. The minimum absolute atomic E-state index is 0. The number of hydrogen-bond acceptors (Lipinski definition) is 4. The molecule has 2 saturated carbocycles. The molecule has 0 radical (unpaired) electrons. The van der Waals surface area contributed by atoms with Crippen LogP contribution in [0.3, 0.4) is 0 Å². The van der Waals surface area contributed by atoms with Gasteiger partial charge in [0, 0.05) is 0 Å². The number of halogens is 2. The van der Waals surface area contributed by atoms with Gasteiger partial charge in [0.15, 0.2) is 11.8 Å². The zero-order valence-corrected chi connectivity index (χ0v) is 25.0. The van der Waals surface area contributed by atoms with E-state index in [1.54, 1.807) is 0 Å². The first-order valence-corrected chi connectivity index (χ1v) is 12.4. The van der Waals surface area contributed by atoms with Crippen LogP contribution in [0, 0.1) is 11.8 Å². The van der Waals surface area contributed by atoms with Gasteiger partial charge in [0.1, 0.15) is 11.2 Å². The molecular weight excluding hydrogens is 627 g/mol. The third-order valence-electron chi connectivity index (χ3n) is 7.55. The van der Waals surface area contributed by atoms with E-state index in [1.807, 2.05) is 0 Å². The summed E-state index contributed by atoms with van der Waals surface area (Å²) in [5.74, 6) is 3.08. The Morgan fingerprint density at radius 2 is 1.03 bits per heavy atom. The number of ether oxygens (including phenoxy) is 2. The normalized spacial score (nSPS) is 27.7. The second-order valence-corrected chi connectivity index (χ2v) is 11.0. The molecular formula is C25H42Br2N2O2Pd. The molecule has 2 aliphatic carbocycles. The van der Waals surface area contributed by atoms with Gasteiger partial charge < -0.3 is 43.4 Å². The van der Waals surface area contributed by atoms with E-state index >= 15 is 0 Å². The van der Waals surface area contributed by atoms with E-state index in [9.17, 15) is 0 Å². The van der Waals surface area contributed by atoms with Gasteiger partial charge in [-0.1, -0.05) is 40.5 Å². The maximum Gasteiger partial charge on any atom is 2.00 e. The van der Waals surface area contributed by atoms with Crippen LogP contribution >= 0.6 is 0 Å². The molecule has 0 N–H and O–H groups in total. The zero-order chi connectivity index (χ0) is 20.5. The molecule has 0 bridgehead atoms. The molecule has 7 heteroatoms. The van der Waals surface area contributed by atoms with Gasteiger partial charge in [-0.3, -0.25) is 0 Å². The van der Waals surface area contributed by atoms with E-state index < -0.39 is 0 Å². The first kappa shape index (κ1) is 30.6. The third-order valence-corrected chi connectivity index (χ3v) is 7.55. The van der Waals surface area contributed by atoms with Crippen molar-refractivity contribution < 1.29 is 63.9 Å². The van der Waals surface area contributed by atoms with Crippen LogP contribution in [-0.2, 0) is 29.9 Å². The van der Waals surface area contributed by atoms with Crippen molar-refractivity contribution in [2.45, 2.75) is 134 Å². The summed E-state index contributed by atoms with van der Waals surface area (Å²) in [4.78, 5) is 10.2. The maximum absolute atomic E-state index is 6.65. The summed E-state index contributed by atoms with van der Waals surface area (Å²) in [6.45, 7) is 9.21. The monoisotopic (exact) mass is 666 g/mol. The third kappa shape index (κ3) is 6.82. The van der Waals surface area contributed by atoms with Gasteiger partial charge in [-0.15, -0.1) is 0 Å².